The number of hydrogen-bond acceptors (Lipinski definition) is 6. The molecule has 192 valence electrons. The van der Waals surface area contributed by atoms with E-state index in [0.29, 0.717) is 43.4 Å². The number of carbonyl (C=O) groups excluding carboxylic acids is 1. The molecule has 0 radical (unpaired) electrons. The van der Waals surface area contributed by atoms with Crippen LogP contribution in [0.25, 0.3) is 0 Å². The third-order valence-electron chi connectivity index (χ3n) is 6.65. The molecule has 8 nitrogen and oxygen atoms in total. The molecule has 9 heteroatoms. The van der Waals surface area contributed by atoms with Crippen molar-refractivity contribution in [3.63, 3.8) is 0 Å². The van der Waals surface area contributed by atoms with Gasteiger partial charge in [0.2, 0.25) is 15.9 Å². The maximum absolute atomic E-state index is 13.0. The Kier molecular flexibility index (Phi) is 7.36. The molecule has 0 aromatic heterocycles. The smallest absolute Gasteiger partial charge is 0.238 e. The van der Waals surface area contributed by atoms with E-state index in [2.05, 4.69) is 10.2 Å². The molecule has 1 unspecified atom stereocenters. The topological polar surface area (TPSA) is 91.3 Å². The molecule has 1 atom stereocenters. The zero-order valence-corrected chi connectivity index (χ0v) is 21.5. The molecule has 0 spiro atoms. The van der Waals surface area contributed by atoms with Crippen LogP contribution in [0.3, 0.4) is 0 Å². The Morgan fingerprint density at radius 2 is 1.68 bits per heavy atom. The Hall–Kier alpha value is -3.53. The molecule has 0 saturated carbocycles. The van der Waals surface area contributed by atoms with Crippen LogP contribution in [-0.2, 0) is 19.6 Å². The van der Waals surface area contributed by atoms with Crippen molar-refractivity contribution in [2.45, 2.75) is 5.92 Å². The molecule has 37 heavy (non-hydrogen) atoms. The van der Waals surface area contributed by atoms with Gasteiger partial charge in [-0.05, 0) is 41.5 Å². The Bertz CT molecular complexity index is 1390. The number of nitrogens with one attached hydrogen (secondary N) is 1. The SMILES string of the molecule is CS(=O)(=O)N(CCN1CCOCC1)c1ccc(N=C(c2ccccc2)C2C(=O)Nc3ccccc32)cc1. The Morgan fingerprint density at radius 1 is 1.00 bits per heavy atom. The van der Waals surface area contributed by atoms with Gasteiger partial charge in [0, 0.05) is 31.9 Å². The maximum Gasteiger partial charge on any atom is 0.238 e. The lowest BCUT2D eigenvalue weighted by Gasteiger charge is -2.30. The summed E-state index contributed by atoms with van der Waals surface area (Å²) in [7, 11) is -3.46. The lowest BCUT2D eigenvalue weighted by molar-refractivity contribution is -0.115. The van der Waals surface area contributed by atoms with Crippen molar-refractivity contribution in [1.29, 1.82) is 0 Å². The van der Waals surface area contributed by atoms with Gasteiger partial charge in [0.05, 0.1) is 36.6 Å². The van der Waals surface area contributed by atoms with Crippen molar-refractivity contribution in [1.82, 2.24) is 4.90 Å². The summed E-state index contributed by atoms with van der Waals surface area (Å²) in [5.74, 6) is -0.661. The number of anilines is 2. The number of benzene rings is 3. The number of carbonyl (C=O) groups is 1. The number of ether oxygens (including phenoxy) is 1. The van der Waals surface area contributed by atoms with E-state index >= 15 is 0 Å². The second-order valence-corrected chi connectivity index (χ2v) is 11.1. The lowest BCUT2D eigenvalue weighted by Crippen LogP contribution is -2.42. The zero-order chi connectivity index (χ0) is 25.8. The number of nitrogens with zero attached hydrogens (tertiary/aromatic N) is 3. The van der Waals surface area contributed by atoms with E-state index in [0.717, 1.165) is 29.9 Å². The average Bonchev–Trinajstić information content (AvgIpc) is 3.24. The fraction of sp³-hybridized carbons (Fsp3) is 0.286. The zero-order valence-electron chi connectivity index (χ0n) is 20.7. The summed E-state index contributed by atoms with van der Waals surface area (Å²) < 4.78 is 32.0. The second kappa shape index (κ2) is 10.8. The summed E-state index contributed by atoms with van der Waals surface area (Å²) in [4.78, 5) is 20.1. The minimum absolute atomic E-state index is 0.119. The molecular formula is C28H30N4O4S. The first-order valence-electron chi connectivity index (χ1n) is 12.3. The number of para-hydroxylation sites is 1. The van der Waals surface area contributed by atoms with Crippen LogP contribution >= 0.6 is 0 Å². The van der Waals surface area contributed by atoms with Crippen molar-refractivity contribution in [2.24, 2.45) is 4.99 Å². The third-order valence-corrected chi connectivity index (χ3v) is 7.84. The van der Waals surface area contributed by atoms with Crippen molar-refractivity contribution >= 4 is 38.7 Å². The van der Waals surface area contributed by atoms with E-state index in [1.165, 1.54) is 10.6 Å². The number of amides is 1. The molecule has 5 rings (SSSR count). The molecule has 1 amide bonds. The quantitative estimate of drug-likeness (QED) is 0.460. The van der Waals surface area contributed by atoms with Crippen molar-refractivity contribution in [2.75, 3.05) is 55.3 Å². The molecule has 3 aromatic rings. The fourth-order valence-electron chi connectivity index (χ4n) is 4.76. The maximum atomic E-state index is 13.0. The molecule has 0 bridgehead atoms. The van der Waals surface area contributed by atoms with E-state index < -0.39 is 15.9 Å². The van der Waals surface area contributed by atoms with Gasteiger partial charge in [0.15, 0.2) is 0 Å². The summed E-state index contributed by atoms with van der Waals surface area (Å²) in [5.41, 5.74) is 4.40. The van der Waals surface area contributed by atoms with Crippen LogP contribution in [0.2, 0.25) is 0 Å². The van der Waals surface area contributed by atoms with Crippen molar-refractivity contribution in [3.8, 4) is 0 Å². The number of rotatable bonds is 8. The molecule has 2 aliphatic rings. The molecule has 1 saturated heterocycles. The van der Waals surface area contributed by atoms with Crippen LogP contribution in [-0.4, -0.2) is 70.6 Å². The van der Waals surface area contributed by atoms with Crippen LogP contribution in [0.15, 0.2) is 83.9 Å². The predicted octanol–water partition coefficient (Wildman–Crippen LogP) is 3.64. The first-order valence-corrected chi connectivity index (χ1v) is 14.2. The van der Waals surface area contributed by atoms with Crippen LogP contribution in [0.5, 0.6) is 0 Å². The number of sulfonamides is 1. The normalized spacial score (nSPS) is 18.4. The van der Waals surface area contributed by atoms with Crippen molar-refractivity contribution < 1.29 is 17.9 Å². The van der Waals surface area contributed by atoms with Gasteiger partial charge in [-0.2, -0.15) is 0 Å². The highest BCUT2D eigenvalue weighted by molar-refractivity contribution is 7.92. The van der Waals surface area contributed by atoms with Crippen LogP contribution in [0, 0.1) is 0 Å². The Labute approximate surface area is 217 Å². The van der Waals surface area contributed by atoms with E-state index in [1.807, 2.05) is 54.6 Å². The first-order chi connectivity index (χ1) is 17.9. The summed E-state index contributed by atoms with van der Waals surface area (Å²) in [6.45, 7) is 3.91. The van der Waals surface area contributed by atoms with Crippen LogP contribution < -0.4 is 9.62 Å². The largest absolute Gasteiger partial charge is 0.379 e. The third kappa shape index (κ3) is 5.74. The van der Waals surface area contributed by atoms with E-state index in [1.54, 1.807) is 24.3 Å². The standard InChI is InChI=1S/C28H30N4O4S/c1-37(34,35)32(16-15-31-17-19-36-20-18-31)23-13-11-22(12-14-23)29-27(21-7-3-2-4-8-21)26-24-9-5-6-10-25(24)30-28(26)33/h2-14,26H,15-20H2,1H3,(H,30,33). The minimum atomic E-state index is -3.46. The molecule has 1 N–H and O–H groups in total. The molecule has 2 heterocycles. The number of aliphatic imine (C=N–C) groups is 1. The average molecular weight is 519 g/mol. The van der Waals surface area contributed by atoms with Crippen LogP contribution in [0.1, 0.15) is 17.0 Å². The van der Waals surface area contributed by atoms with Gasteiger partial charge in [0.25, 0.3) is 0 Å². The highest BCUT2D eigenvalue weighted by Crippen LogP contribution is 2.36. The van der Waals surface area contributed by atoms with Gasteiger partial charge >= 0.3 is 0 Å². The van der Waals surface area contributed by atoms with E-state index in [9.17, 15) is 13.2 Å². The molecule has 1 fully saturated rings. The minimum Gasteiger partial charge on any atom is -0.379 e. The molecule has 2 aliphatic heterocycles. The lowest BCUT2D eigenvalue weighted by atomic mass is 9.90. The van der Waals surface area contributed by atoms with Gasteiger partial charge in [0.1, 0.15) is 5.92 Å². The van der Waals surface area contributed by atoms with E-state index in [4.69, 9.17) is 9.73 Å². The van der Waals surface area contributed by atoms with Gasteiger partial charge < -0.3 is 10.1 Å². The van der Waals surface area contributed by atoms with Gasteiger partial charge in [-0.15, -0.1) is 0 Å². The van der Waals surface area contributed by atoms with Gasteiger partial charge in [-0.1, -0.05) is 48.5 Å². The predicted molar refractivity (Wildman–Crippen MR) is 146 cm³/mol. The molecular weight excluding hydrogens is 488 g/mol. The summed E-state index contributed by atoms with van der Waals surface area (Å²) in [6.07, 6.45) is 1.22. The molecule has 3 aromatic carbocycles. The number of hydrogen-bond donors (Lipinski definition) is 1. The highest BCUT2D eigenvalue weighted by Gasteiger charge is 2.35. The molecule has 0 aliphatic carbocycles. The Balaban J connectivity index is 1.45. The van der Waals surface area contributed by atoms with E-state index in [-0.39, 0.29) is 5.91 Å². The fourth-order valence-corrected chi connectivity index (χ4v) is 5.68. The first kappa shape index (κ1) is 25.1. The van der Waals surface area contributed by atoms with Gasteiger partial charge in [-0.25, -0.2) is 8.42 Å². The number of fused-ring (bicyclic) bond motifs is 1. The summed E-state index contributed by atoms with van der Waals surface area (Å²) in [6, 6.07) is 24.4. The van der Waals surface area contributed by atoms with Crippen molar-refractivity contribution in [3.05, 3.63) is 90.0 Å². The second-order valence-electron chi connectivity index (χ2n) is 9.18. The summed E-state index contributed by atoms with van der Waals surface area (Å²) in [5, 5.41) is 2.96. The summed E-state index contributed by atoms with van der Waals surface area (Å²) >= 11 is 0. The Morgan fingerprint density at radius 3 is 2.38 bits per heavy atom. The highest BCUT2D eigenvalue weighted by atomic mass is 32.2. The number of morpholine rings is 1. The van der Waals surface area contributed by atoms with Gasteiger partial charge in [-0.3, -0.25) is 19.0 Å². The van der Waals surface area contributed by atoms with Crippen LogP contribution in [0.4, 0.5) is 17.1 Å². The monoisotopic (exact) mass is 518 g/mol.